The highest BCUT2D eigenvalue weighted by atomic mass is 32.1. The van der Waals surface area contributed by atoms with Gasteiger partial charge in [0.15, 0.2) is 0 Å². The third kappa shape index (κ3) is 0.969. The molecule has 2 aliphatic carbocycles. The van der Waals surface area contributed by atoms with E-state index in [1.807, 2.05) is 11.3 Å². The summed E-state index contributed by atoms with van der Waals surface area (Å²) in [5, 5.41) is 0. The van der Waals surface area contributed by atoms with Crippen LogP contribution in [0.4, 0.5) is 0 Å². The summed E-state index contributed by atoms with van der Waals surface area (Å²) in [5.41, 5.74) is 6.18. The van der Waals surface area contributed by atoms with Crippen molar-refractivity contribution in [3.05, 3.63) is 32.0 Å². The van der Waals surface area contributed by atoms with E-state index in [9.17, 15) is 0 Å². The van der Waals surface area contributed by atoms with Crippen molar-refractivity contribution < 1.29 is 0 Å². The first-order valence-corrected chi connectivity index (χ1v) is 5.54. The Morgan fingerprint density at radius 2 is 1.85 bits per heavy atom. The first kappa shape index (κ1) is 7.57. The maximum Gasteiger partial charge on any atom is 0.0314 e. The van der Waals surface area contributed by atoms with Gasteiger partial charge >= 0.3 is 0 Å². The number of thiophene rings is 1. The average molecular weight is 188 g/mol. The molecule has 1 heterocycles. The summed E-state index contributed by atoms with van der Waals surface area (Å²) in [7, 11) is 0. The minimum absolute atomic E-state index is 1.19. The Morgan fingerprint density at radius 1 is 1.08 bits per heavy atom. The first-order chi connectivity index (χ1) is 6.24. The van der Waals surface area contributed by atoms with E-state index in [-0.39, 0.29) is 0 Å². The minimum Gasteiger partial charge on any atom is -0.140 e. The van der Waals surface area contributed by atoms with E-state index in [2.05, 4.69) is 26.0 Å². The van der Waals surface area contributed by atoms with Crippen molar-refractivity contribution in [3.63, 3.8) is 0 Å². The van der Waals surface area contributed by atoms with Gasteiger partial charge in [-0.2, -0.15) is 0 Å². The van der Waals surface area contributed by atoms with Gasteiger partial charge in [0.25, 0.3) is 0 Å². The smallest absolute Gasteiger partial charge is 0.0314 e. The van der Waals surface area contributed by atoms with Gasteiger partial charge in [0.05, 0.1) is 0 Å². The number of hydrogen-bond acceptors (Lipinski definition) is 1. The van der Waals surface area contributed by atoms with Crippen LogP contribution in [0.3, 0.4) is 0 Å². The van der Waals surface area contributed by atoms with Crippen LogP contribution in [0.5, 0.6) is 0 Å². The quantitative estimate of drug-likeness (QED) is 0.582. The molecule has 66 valence electrons. The van der Waals surface area contributed by atoms with Crippen LogP contribution in [0.15, 0.2) is 11.1 Å². The minimum atomic E-state index is 1.19. The number of rotatable bonds is 0. The van der Waals surface area contributed by atoms with Crippen molar-refractivity contribution in [2.45, 2.75) is 26.7 Å². The van der Waals surface area contributed by atoms with Gasteiger partial charge in [-0.15, -0.1) is 11.3 Å². The van der Waals surface area contributed by atoms with Crippen molar-refractivity contribution >= 4 is 23.5 Å². The third-order valence-electron chi connectivity index (χ3n) is 2.82. The van der Waals surface area contributed by atoms with Crippen molar-refractivity contribution in [2.75, 3.05) is 0 Å². The Morgan fingerprint density at radius 3 is 2.69 bits per heavy atom. The summed E-state index contributed by atoms with van der Waals surface area (Å²) in [4.78, 5) is 3.11. The number of allylic oxidation sites excluding steroid dienone is 2. The van der Waals surface area contributed by atoms with E-state index < -0.39 is 0 Å². The van der Waals surface area contributed by atoms with E-state index in [4.69, 9.17) is 0 Å². The van der Waals surface area contributed by atoms with Crippen LogP contribution in [0.2, 0.25) is 0 Å². The van der Waals surface area contributed by atoms with E-state index in [0.717, 1.165) is 0 Å². The number of hydrogen-bond donors (Lipinski definition) is 0. The summed E-state index contributed by atoms with van der Waals surface area (Å²) in [6, 6.07) is 0. The molecule has 13 heavy (non-hydrogen) atoms. The zero-order chi connectivity index (χ0) is 9.00. The molecule has 0 saturated heterocycles. The summed E-state index contributed by atoms with van der Waals surface area (Å²) < 4.78 is 0. The van der Waals surface area contributed by atoms with E-state index in [1.54, 1.807) is 16.0 Å². The third-order valence-corrected chi connectivity index (χ3v) is 4.01. The molecule has 3 rings (SSSR count). The summed E-state index contributed by atoms with van der Waals surface area (Å²) >= 11 is 1.99. The lowest BCUT2D eigenvalue weighted by Gasteiger charge is -1.93. The van der Waals surface area contributed by atoms with E-state index in [1.165, 1.54) is 28.9 Å². The fourth-order valence-electron chi connectivity index (χ4n) is 2.25. The summed E-state index contributed by atoms with van der Waals surface area (Å²) in [6.45, 7) is 4.46. The van der Waals surface area contributed by atoms with Gasteiger partial charge < -0.3 is 0 Å². The summed E-state index contributed by atoms with van der Waals surface area (Å²) in [6.07, 6.45) is 7.10. The Kier molecular flexibility index (Phi) is 1.37. The molecule has 1 aromatic rings. The fraction of sp³-hybridized carbons (Fsp3) is 0.333. The highest BCUT2D eigenvalue weighted by Crippen LogP contribution is 2.41. The van der Waals surface area contributed by atoms with Crippen LogP contribution in [-0.2, 0) is 12.8 Å². The van der Waals surface area contributed by atoms with Gasteiger partial charge in [0.2, 0.25) is 0 Å². The Hall–Kier alpha value is -0.820. The van der Waals surface area contributed by atoms with Gasteiger partial charge in [0.1, 0.15) is 0 Å². The fourth-order valence-corrected chi connectivity index (χ4v) is 3.68. The molecule has 0 saturated carbocycles. The van der Waals surface area contributed by atoms with Crippen LogP contribution >= 0.6 is 11.3 Å². The highest BCUT2D eigenvalue weighted by molar-refractivity contribution is 7.13. The monoisotopic (exact) mass is 188 g/mol. The molecule has 0 radical (unpaired) electrons. The molecule has 0 N–H and O–H groups in total. The normalized spacial score (nSPS) is 18.3. The average Bonchev–Trinajstić information content (AvgIpc) is 2.60. The van der Waals surface area contributed by atoms with Gasteiger partial charge in [0, 0.05) is 16.2 Å². The highest BCUT2D eigenvalue weighted by Gasteiger charge is 2.22. The molecule has 1 aromatic heterocycles. The van der Waals surface area contributed by atoms with Crippen LogP contribution in [0.1, 0.15) is 34.7 Å². The van der Waals surface area contributed by atoms with E-state index in [0.29, 0.717) is 0 Å². The molecule has 0 amide bonds. The van der Waals surface area contributed by atoms with Gasteiger partial charge in [-0.3, -0.25) is 0 Å². The second-order valence-electron chi connectivity index (χ2n) is 4.12. The van der Waals surface area contributed by atoms with Gasteiger partial charge in [-0.1, -0.05) is 17.2 Å². The molecular formula is C12H12S. The van der Waals surface area contributed by atoms with Crippen molar-refractivity contribution in [2.24, 2.45) is 0 Å². The summed E-state index contributed by atoms with van der Waals surface area (Å²) in [5.74, 6) is 0. The number of fused-ring (bicyclic) bond motifs is 3. The standard InChI is InChI=1S/C12H12S/c1-7-3-9-10-4-8(2)6-12(10)13-11(9)5-7/h3,6H,4-5H2,1-2H3. The van der Waals surface area contributed by atoms with Crippen LogP contribution in [0, 0.1) is 0 Å². The van der Waals surface area contributed by atoms with Crippen LogP contribution in [-0.4, -0.2) is 0 Å². The Labute approximate surface area is 82.6 Å². The molecule has 0 atom stereocenters. The second-order valence-corrected chi connectivity index (χ2v) is 5.25. The molecule has 0 bridgehead atoms. The molecule has 0 spiro atoms. The maximum atomic E-state index is 2.37. The molecule has 2 aliphatic rings. The second kappa shape index (κ2) is 2.36. The van der Waals surface area contributed by atoms with Crippen molar-refractivity contribution in [1.29, 1.82) is 0 Å². The molecule has 0 fully saturated rings. The molecule has 0 unspecified atom stereocenters. The van der Waals surface area contributed by atoms with Crippen molar-refractivity contribution in [1.82, 2.24) is 0 Å². The molecule has 0 aliphatic heterocycles. The molecule has 1 heteroatoms. The van der Waals surface area contributed by atoms with Gasteiger partial charge in [-0.25, -0.2) is 0 Å². The maximum absolute atomic E-state index is 2.37. The topological polar surface area (TPSA) is 0 Å². The molecular weight excluding hydrogens is 176 g/mol. The lowest BCUT2D eigenvalue weighted by molar-refractivity contribution is 1.19. The predicted molar refractivity (Wildman–Crippen MR) is 59.0 cm³/mol. The van der Waals surface area contributed by atoms with Crippen LogP contribution in [0.25, 0.3) is 12.2 Å². The van der Waals surface area contributed by atoms with Gasteiger partial charge in [-0.05, 0) is 37.5 Å². The van der Waals surface area contributed by atoms with Crippen molar-refractivity contribution in [3.8, 4) is 0 Å². The predicted octanol–water partition coefficient (Wildman–Crippen LogP) is 3.67. The Bertz CT molecular complexity index is 444. The lowest BCUT2D eigenvalue weighted by atomic mass is 10.1. The molecule has 0 nitrogen and oxygen atoms in total. The zero-order valence-corrected chi connectivity index (χ0v) is 8.79. The zero-order valence-electron chi connectivity index (χ0n) is 7.98. The Balaban J connectivity index is 2.19. The lowest BCUT2D eigenvalue weighted by Crippen LogP contribution is -1.81. The largest absolute Gasteiger partial charge is 0.140 e. The SMILES string of the molecule is CC1=Cc2c(sc3c2CC(C)=C3)C1. The first-order valence-electron chi connectivity index (χ1n) is 4.73. The van der Waals surface area contributed by atoms with E-state index >= 15 is 0 Å². The molecule has 0 aromatic carbocycles. The van der Waals surface area contributed by atoms with Crippen LogP contribution < -0.4 is 0 Å².